The van der Waals surface area contributed by atoms with Gasteiger partial charge in [0.25, 0.3) is 10.0 Å². The molecule has 1 amide bonds. The summed E-state index contributed by atoms with van der Waals surface area (Å²) in [6.07, 6.45) is 3.24. The second kappa shape index (κ2) is 9.79. The van der Waals surface area contributed by atoms with Gasteiger partial charge in [0.1, 0.15) is 5.58 Å². The van der Waals surface area contributed by atoms with Crippen molar-refractivity contribution in [3.63, 3.8) is 0 Å². The van der Waals surface area contributed by atoms with Crippen molar-refractivity contribution >= 4 is 50.0 Å². The Morgan fingerprint density at radius 3 is 2.76 bits per heavy atom. The lowest BCUT2D eigenvalue weighted by Gasteiger charge is -2.33. The van der Waals surface area contributed by atoms with E-state index in [2.05, 4.69) is 9.71 Å². The molecule has 10 nitrogen and oxygen atoms in total. The normalized spacial score (nSPS) is 15.0. The number of amides is 1. The molecule has 0 aliphatic carbocycles. The number of hydroxylamine groups is 1. The quantitative estimate of drug-likeness (QED) is 0.325. The summed E-state index contributed by atoms with van der Waals surface area (Å²) in [5.41, 5.74) is 2.23. The topological polar surface area (TPSA) is 134 Å². The Bertz CT molecular complexity index is 1320. The number of aryl methyl sites for hydroxylation is 1. The number of rotatable bonds is 7. The van der Waals surface area contributed by atoms with Crippen molar-refractivity contribution in [3.05, 3.63) is 46.8 Å². The molecule has 182 valence electrons. The smallest absolute Gasteiger partial charge is 0.310 e. The van der Waals surface area contributed by atoms with E-state index in [1.54, 1.807) is 13.0 Å². The number of furan rings is 1. The summed E-state index contributed by atoms with van der Waals surface area (Å²) in [5.74, 6) is -0.580. The Kier molecular flexibility index (Phi) is 6.99. The van der Waals surface area contributed by atoms with Gasteiger partial charge >= 0.3 is 5.91 Å². The summed E-state index contributed by atoms with van der Waals surface area (Å²) in [6, 6.07) is 5.99. The number of hydrogen-bond acceptors (Lipinski definition) is 8. The van der Waals surface area contributed by atoms with Gasteiger partial charge in [0.2, 0.25) is 0 Å². The van der Waals surface area contributed by atoms with Crippen LogP contribution >= 0.6 is 11.6 Å². The molecule has 3 heterocycles. The average molecular weight is 509 g/mol. The number of pyridine rings is 1. The number of nitrogens with one attached hydrogen (secondary N) is 2. The number of sulfonamides is 1. The van der Waals surface area contributed by atoms with E-state index in [-0.39, 0.29) is 44.0 Å². The van der Waals surface area contributed by atoms with Crippen LogP contribution in [0.25, 0.3) is 11.0 Å². The molecule has 1 aliphatic rings. The van der Waals surface area contributed by atoms with Crippen molar-refractivity contribution in [1.29, 1.82) is 0 Å². The predicted molar refractivity (Wildman–Crippen MR) is 127 cm³/mol. The number of ether oxygens (including phenoxy) is 1. The van der Waals surface area contributed by atoms with Gasteiger partial charge < -0.3 is 14.1 Å². The molecule has 0 spiro atoms. The fourth-order valence-electron chi connectivity index (χ4n) is 4.19. The Balaban J connectivity index is 1.70. The third-order valence-electron chi connectivity index (χ3n) is 5.73. The molecule has 1 aromatic carbocycles. The highest BCUT2D eigenvalue weighted by Gasteiger charge is 2.28. The molecule has 0 unspecified atom stereocenters. The standard InChI is InChI=1S/C22H25ClN4O6S/c1-3-32-15-7-9-27(10-8-15)21-16(11-14(23)12-24-21)26-34(30,31)18-6-4-5-17-19(18)13(2)20(33-17)22(28)25-29/h4-6,11-12,15,26,29H,3,7-10H2,1-2H3,(H,25,28). The van der Waals surface area contributed by atoms with Crippen molar-refractivity contribution in [2.75, 3.05) is 29.3 Å². The van der Waals surface area contributed by atoms with Crippen LogP contribution in [0.5, 0.6) is 0 Å². The van der Waals surface area contributed by atoms with Gasteiger partial charge in [-0.1, -0.05) is 17.7 Å². The maximum absolute atomic E-state index is 13.5. The monoisotopic (exact) mass is 508 g/mol. The van der Waals surface area contributed by atoms with Gasteiger partial charge in [-0.15, -0.1) is 0 Å². The van der Waals surface area contributed by atoms with Crippen molar-refractivity contribution in [2.24, 2.45) is 0 Å². The molecule has 4 rings (SSSR count). The lowest BCUT2D eigenvalue weighted by atomic mass is 10.1. The molecule has 34 heavy (non-hydrogen) atoms. The summed E-state index contributed by atoms with van der Waals surface area (Å²) in [6.45, 7) is 5.47. The molecular weight excluding hydrogens is 484 g/mol. The first-order valence-electron chi connectivity index (χ1n) is 10.8. The van der Waals surface area contributed by atoms with Crippen LogP contribution in [0.2, 0.25) is 5.02 Å². The van der Waals surface area contributed by atoms with Crippen LogP contribution in [0.3, 0.4) is 0 Å². The Morgan fingerprint density at radius 2 is 2.09 bits per heavy atom. The summed E-state index contributed by atoms with van der Waals surface area (Å²) in [7, 11) is -4.13. The molecule has 0 atom stereocenters. The third-order valence-corrected chi connectivity index (χ3v) is 7.35. The van der Waals surface area contributed by atoms with Crippen LogP contribution < -0.4 is 15.1 Å². The van der Waals surface area contributed by atoms with Crippen LogP contribution in [-0.4, -0.2) is 50.3 Å². The minimum Gasteiger partial charge on any atom is -0.450 e. The molecule has 2 aromatic heterocycles. The maximum atomic E-state index is 13.5. The molecule has 0 saturated carbocycles. The highest BCUT2D eigenvalue weighted by atomic mass is 35.5. The highest BCUT2D eigenvalue weighted by Crippen LogP contribution is 2.35. The van der Waals surface area contributed by atoms with E-state index in [0.717, 1.165) is 12.8 Å². The summed E-state index contributed by atoms with van der Waals surface area (Å²) in [4.78, 5) is 18.2. The second-order valence-corrected chi connectivity index (χ2v) is 9.99. The minimum absolute atomic E-state index is 0.0794. The molecular formula is C22H25ClN4O6S. The molecule has 1 saturated heterocycles. The Hall–Kier alpha value is -2.86. The number of hydrogen-bond donors (Lipinski definition) is 3. The van der Waals surface area contributed by atoms with Gasteiger partial charge in [0, 0.05) is 36.8 Å². The number of carbonyl (C=O) groups excluding carboxylic acids is 1. The van der Waals surface area contributed by atoms with Crippen LogP contribution in [0.4, 0.5) is 11.5 Å². The SMILES string of the molecule is CCOC1CCN(c2ncc(Cl)cc2NS(=O)(=O)c2cccc3oc(C(=O)NO)c(C)c23)CC1. The average Bonchev–Trinajstić information content (AvgIpc) is 3.16. The van der Waals surface area contributed by atoms with E-state index in [1.807, 2.05) is 11.8 Å². The number of aromatic nitrogens is 1. The van der Waals surface area contributed by atoms with E-state index in [9.17, 15) is 13.2 Å². The maximum Gasteiger partial charge on any atom is 0.310 e. The number of fused-ring (bicyclic) bond motifs is 1. The molecule has 0 radical (unpaired) electrons. The zero-order valence-electron chi connectivity index (χ0n) is 18.7. The Morgan fingerprint density at radius 1 is 1.35 bits per heavy atom. The minimum atomic E-state index is -4.13. The van der Waals surface area contributed by atoms with E-state index in [1.165, 1.54) is 29.9 Å². The number of carbonyl (C=O) groups is 1. The second-order valence-electron chi connectivity index (χ2n) is 7.90. The van der Waals surface area contributed by atoms with Gasteiger partial charge in [-0.05, 0) is 44.9 Å². The zero-order chi connectivity index (χ0) is 24.5. The van der Waals surface area contributed by atoms with Gasteiger partial charge in [0.05, 0.1) is 21.7 Å². The number of piperidine rings is 1. The van der Waals surface area contributed by atoms with Crippen LogP contribution in [-0.2, 0) is 14.8 Å². The lowest BCUT2D eigenvalue weighted by molar-refractivity contribution is 0.0458. The van der Waals surface area contributed by atoms with Gasteiger partial charge in [0.15, 0.2) is 11.6 Å². The number of nitrogens with zero attached hydrogens (tertiary/aromatic N) is 2. The van der Waals surface area contributed by atoms with Crippen molar-refractivity contribution < 1.29 is 27.6 Å². The zero-order valence-corrected chi connectivity index (χ0v) is 20.2. The van der Waals surface area contributed by atoms with E-state index < -0.39 is 15.9 Å². The van der Waals surface area contributed by atoms with Crippen LogP contribution in [0, 0.1) is 6.92 Å². The molecule has 12 heteroatoms. The third kappa shape index (κ3) is 4.69. The van der Waals surface area contributed by atoms with E-state index in [4.69, 9.17) is 26.0 Å². The van der Waals surface area contributed by atoms with E-state index in [0.29, 0.717) is 25.5 Å². The Labute approximate surface area is 201 Å². The first-order valence-corrected chi connectivity index (χ1v) is 12.6. The fourth-order valence-corrected chi connectivity index (χ4v) is 5.67. The molecule has 1 fully saturated rings. The predicted octanol–water partition coefficient (Wildman–Crippen LogP) is 3.71. The van der Waals surface area contributed by atoms with Crippen LogP contribution in [0.1, 0.15) is 35.9 Å². The van der Waals surface area contributed by atoms with Crippen molar-refractivity contribution in [2.45, 2.75) is 37.7 Å². The first-order chi connectivity index (χ1) is 16.2. The molecule has 0 bridgehead atoms. The van der Waals surface area contributed by atoms with Crippen molar-refractivity contribution in [1.82, 2.24) is 10.5 Å². The van der Waals surface area contributed by atoms with Gasteiger partial charge in [-0.3, -0.25) is 14.7 Å². The number of benzene rings is 1. The highest BCUT2D eigenvalue weighted by molar-refractivity contribution is 7.93. The first kappa shape index (κ1) is 24.3. The van der Waals surface area contributed by atoms with E-state index >= 15 is 0 Å². The van der Waals surface area contributed by atoms with Crippen LogP contribution in [0.15, 0.2) is 39.8 Å². The summed E-state index contributed by atoms with van der Waals surface area (Å²) < 4.78 is 40.8. The molecule has 1 aliphatic heterocycles. The number of anilines is 2. The van der Waals surface area contributed by atoms with Crippen molar-refractivity contribution in [3.8, 4) is 0 Å². The van der Waals surface area contributed by atoms with Gasteiger partial charge in [-0.25, -0.2) is 18.9 Å². The van der Waals surface area contributed by atoms with Gasteiger partial charge in [-0.2, -0.15) is 0 Å². The largest absolute Gasteiger partial charge is 0.450 e. The number of halogens is 1. The summed E-state index contributed by atoms with van der Waals surface area (Å²) >= 11 is 6.15. The lowest BCUT2D eigenvalue weighted by Crippen LogP contribution is -2.38. The molecule has 3 N–H and O–H groups in total. The summed E-state index contributed by atoms with van der Waals surface area (Å²) in [5, 5.41) is 9.49. The molecule has 3 aromatic rings. The fraction of sp³-hybridized carbons (Fsp3) is 0.364.